The minimum absolute atomic E-state index is 0.188. The van der Waals surface area contributed by atoms with Crippen LogP contribution >= 0.6 is 0 Å². The predicted octanol–water partition coefficient (Wildman–Crippen LogP) is 2.28. The van der Waals surface area contributed by atoms with Gasteiger partial charge in [-0.1, -0.05) is 12.1 Å². The monoisotopic (exact) mass is 336 g/mol. The van der Waals surface area contributed by atoms with Crippen molar-refractivity contribution in [2.45, 2.75) is 31.9 Å². The summed E-state index contributed by atoms with van der Waals surface area (Å²) in [5, 5.41) is 12.7. The third-order valence-electron chi connectivity index (χ3n) is 4.75. The maximum Gasteiger partial charge on any atom is 0.272 e. The number of pyridine rings is 2. The molecule has 0 saturated heterocycles. The van der Waals surface area contributed by atoms with Crippen molar-refractivity contribution in [2.24, 2.45) is 5.92 Å². The predicted molar refractivity (Wildman–Crippen MR) is 93.1 cm³/mol. The zero-order chi connectivity index (χ0) is 17.4. The van der Waals surface area contributed by atoms with E-state index in [1.165, 1.54) is 0 Å². The molecule has 3 heterocycles. The van der Waals surface area contributed by atoms with Crippen LogP contribution in [0, 0.1) is 12.8 Å². The first-order chi connectivity index (χ1) is 12.1. The number of carbonyl (C=O) groups excluding carboxylic acids is 1. The van der Waals surface area contributed by atoms with Crippen LogP contribution in [0.25, 0.3) is 5.65 Å². The van der Waals surface area contributed by atoms with Gasteiger partial charge in [-0.15, -0.1) is 0 Å². The van der Waals surface area contributed by atoms with Crippen molar-refractivity contribution in [1.82, 2.24) is 19.7 Å². The molecule has 1 saturated carbocycles. The molecule has 1 unspecified atom stereocenters. The number of carbonyl (C=O) groups is 1. The number of hydrogen-bond donors (Lipinski definition) is 2. The Morgan fingerprint density at radius 3 is 2.84 bits per heavy atom. The molecule has 25 heavy (non-hydrogen) atoms. The SMILES string of the molecule is Cc1ccc2nc(C(=O)NC(c3ccccn3)C3CC(O)C3)cn2c1. The van der Waals surface area contributed by atoms with Gasteiger partial charge in [-0.3, -0.25) is 9.78 Å². The minimum atomic E-state index is -0.286. The first kappa shape index (κ1) is 15.8. The number of hydrogen-bond acceptors (Lipinski definition) is 4. The van der Waals surface area contributed by atoms with E-state index in [-0.39, 0.29) is 24.0 Å². The molecule has 4 rings (SSSR count). The van der Waals surface area contributed by atoms with E-state index in [0.29, 0.717) is 18.5 Å². The van der Waals surface area contributed by atoms with Gasteiger partial charge in [-0.25, -0.2) is 4.98 Å². The van der Waals surface area contributed by atoms with Crippen LogP contribution in [0.5, 0.6) is 0 Å². The fraction of sp³-hybridized carbons (Fsp3) is 0.316. The van der Waals surface area contributed by atoms with Gasteiger partial charge in [0, 0.05) is 18.6 Å². The van der Waals surface area contributed by atoms with E-state index in [4.69, 9.17) is 0 Å². The number of aromatic nitrogens is 3. The second-order valence-corrected chi connectivity index (χ2v) is 6.69. The van der Waals surface area contributed by atoms with Gasteiger partial charge in [0.1, 0.15) is 11.3 Å². The zero-order valence-electron chi connectivity index (χ0n) is 14.0. The molecule has 0 aliphatic heterocycles. The van der Waals surface area contributed by atoms with E-state index in [2.05, 4.69) is 15.3 Å². The smallest absolute Gasteiger partial charge is 0.272 e. The number of aliphatic hydroxyl groups excluding tert-OH is 1. The summed E-state index contributed by atoms with van der Waals surface area (Å²) >= 11 is 0. The Balaban J connectivity index is 1.59. The third-order valence-corrected chi connectivity index (χ3v) is 4.75. The number of imidazole rings is 1. The number of rotatable bonds is 4. The number of aliphatic hydroxyl groups is 1. The Kier molecular flexibility index (Phi) is 3.97. The molecule has 1 fully saturated rings. The van der Waals surface area contributed by atoms with Gasteiger partial charge >= 0.3 is 0 Å². The Labute approximate surface area is 145 Å². The van der Waals surface area contributed by atoms with Crippen LogP contribution < -0.4 is 5.32 Å². The highest BCUT2D eigenvalue weighted by Gasteiger charge is 2.36. The summed E-state index contributed by atoms with van der Waals surface area (Å²) in [4.78, 5) is 21.5. The maximum absolute atomic E-state index is 12.7. The molecule has 6 nitrogen and oxygen atoms in total. The fourth-order valence-electron chi connectivity index (χ4n) is 3.32. The Morgan fingerprint density at radius 1 is 1.28 bits per heavy atom. The lowest BCUT2D eigenvalue weighted by Crippen LogP contribution is -2.41. The summed E-state index contributed by atoms with van der Waals surface area (Å²) in [6, 6.07) is 9.31. The molecular formula is C19H20N4O2. The van der Waals surface area contributed by atoms with E-state index in [0.717, 1.165) is 16.9 Å². The Morgan fingerprint density at radius 2 is 2.12 bits per heavy atom. The van der Waals surface area contributed by atoms with Crippen molar-refractivity contribution in [3.63, 3.8) is 0 Å². The fourth-order valence-corrected chi connectivity index (χ4v) is 3.32. The Bertz CT molecular complexity index is 900. The second-order valence-electron chi connectivity index (χ2n) is 6.69. The van der Waals surface area contributed by atoms with E-state index >= 15 is 0 Å². The van der Waals surface area contributed by atoms with E-state index < -0.39 is 0 Å². The van der Waals surface area contributed by atoms with Crippen molar-refractivity contribution < 1.29 is 9.90 Å². The van der Waals surface area contributed by atoms with Gasteiger partial charge < -0.3 is 14.8 Å². The van der Waals surface area contributed by atoms with Crippen LogP contribution in [0.2, 0.25) is 0 Å². The topological polar surface area (TPSA) is 79.5 Å². The summed E-state index contributed by atoms with van der Waals surface area (Å²) < 4.78 is 1.85. The van der Waals surface area contributed by atoms with Crippen LogP contribution in [-0.4, -0.2) is 31.5 Å². The largest absolute Gasteiger partial charge is 0.393 e. The third kappa shape index (κ3) is 3.13. The quantitative estimate of drug-likeness (QED) is 0.766. The molecular weight excluding hydrogens is 316 g/mol. The highest BCUT2D eigenvalue weighted by molar-refractivity contribution is 5.93. The zero-order valence-corrected chi connectivity index (χ0v) is 14.0. The van der Waals surface area contributed by atoms with E-state index in [1.54, 1.807) is 12.4 Å². The second kappa shape index (κ2) is 6.29. The number of nitrogens with zero attached hydrogens (tertiary/aromatic N) is 3. The lowest BCUT2D eigenvalue weighted by atomic mass is 9.76. The van der Waals surface area contributed by atoms with Crippen LogP contribution in [0.1, 0.15) is 40.6 Å². The molecule has 3 aromatic heterocycles. The van der Waals surface area contributed by atoms with Gasteiger partial charge in [0.15, 0.2) is 0 Å². The molecule has 1 amide bonds. The first-order valence-electron chi connectivity index (χ1n) is 8.45. The molecule has 1 atom stereocenters. The molecule has 6 heteroatoms. The summed E-state index contributed by atoms with van der Waals surface area (Å²) in [6.45, 7) is 2.00. The number of nitrogens with one attached hydrogen (secondary N) is 1. The van der Waals surface area contributed by atoms with Crippen molar-refractivity contribution in [1.29, 1.82) is 0 Å². The molecule has 0 aromatic carbocycles. The number of fused-ring (bicyclic) bond motifs is 1. The van der Waals surface area contributed by atoms with Gasteiger partial charge in [0.05, 0.1) is 17.8 Å². The van der Waals surface area contributed by atoms with Gasteiger partial charge in [0.2, 0.25) is 0 Å². The standard InChI is InChI=1S/C19H20N4O2/c1-12-5-6-17-21-16(11-23(17)10-12)19(25)22-18(13-8-14(24)9-13)15-4-2-3-7-20-15/h2-7,10-11,13-14,18,24H,8-9H2,1H3,(H,22,25). The van der Waals surface area contributed by atoms with Crippen molar-refractivity contribution in [3.05, 3.63) is 65.9 Å². The van der Waals surface area contributed by atoms with Crippen LogP contribution in [-0.2, 0) is 0 Å². The minimum Gasteiger partial charge on any atom is -0.393 e. The van der Waals surface area contributed by atoms with Crippen molar-refractivity contribution in [3.8, 4) is 0 Å². The highest BCUT2D eigenvalue weighted by atomic mass is 16.3. The van der Waals surface area contributed by atoms with Gasteiger partial charge in [-0.2, -0.15) is 0 Å². The highest BCUT2D eigenvalue weighted by Crippen LogP contribution is 2.37. The maximum atomic E-state index is 12.7. The van der Waals surface area contributed by atoms with Crippen LogP contribution in [0.4, 0.5) is 0 Å². The number of amides is 1. The van der Waals surface area contributed by atoms with Gasteiger partial charge in [-0.05, 0) is 49.4 Å². The average molecular weight is 336 g/mol. The molecule has 3 aromatic rings. The van der Waals surface area contributed by atoms with E-state index in [1.807, 2.05) is 47.9 Å². The number of aryl methyl sites for hydroxylation is 1. The molecule has 0 spiro atoms. The molecule has 2 N–H and O–H groups in total. The molecule has 128 valence electrons. The summed E-state index contributed by atoms with van der Waals surface area (Å²) in [7, 11) is 0. The summed E-state index contributed by atoms with van der Waals surface area (Å²) in [6.07, 6.45) is 6.46. The van der Waals surface area contributed by atoms with Crippen LogP contribution in [0.15, 0.2) is 48.9 Å². The summed E-state index contributed by atoms with van der Waals surface area (Å²) in [5.74, 6) is -0.0356. The first-order valence-corrected chi connectivity index (χ1v) is 8.45. The normalized spacial score (nSPS) is 20.9. The average Bonchev–Trinajstić information content (AvgIpc) is 3.01. The molecule has 1 aliphatic rings. The molecule has 0 radical (unpaired) electrons. The van der Waals surface area contributed by atoms with Crippen molar-refractivity contribution in [2.75, 3.05) is 0 Å². The summed E-state index contributed by atoms with van der Waals surface area (Å²) in [5.41, 5.74) is 3.04. The molecule has 1 aliphatic carbocycles. The van der Waals surface area contributed by atoms with Crippen molar-refractivity contribution >= 4 is 11.6 Å². The van der Waals surface area contributed by atoms with Crippen LogP contribution in [0.3, 0.4) is 0 Å². The molecule has 0 bridgehead atoms. The lowest BCUT2D eigenvalue weighted by molar-refractivity contribution is 0.0228. The van der Waals surface area contributed by atoms with E-state index in [9.17, 15) is 9.90 Å². The Hall–Kier alpha value is -2.73. The lowest BCUT2D eigenvalue weighted by Gasteiger charge is -2.37. The van der Waals surface area contributed by atoms with Gasteiger partial charge in [0.25, 0.3) is 5.91 Å².